The largest absolute Gasteiger partial charge is 0.396 e. The van der Waals surface area contributed by atoms with E-state index in [-0.39, 0.29) is 12.4 Å². The van der Waals surface area contributed by atoms with E-state index in [1.807, 2.05) is 36.4 Å². The maximum absolute atomic E-state index is 13.7. The lowest BCUT2D eigenvalue weighted by Gasteiger charge is -2.10. The molecule has 3 aromatic rings. The predicted octanol–water partition coefficient (Wildman–Crippen LogP) is 4.46. The summed E-state index contributed by atoms with van der Waals surface area (Å²) in [5.41, 5.74) is 2.64. The molecule has 124 valence electrons. The molecule has 24 heavy (non-hydrogen) atoms. The van der Waals surface area contributed by atoms with Crippen LogP contribution in [0.1, 0.15) is 12.0 Å². The minimum Gasteiger partial charge on any atom is -0.396 e. The number of aliphatic hydroxyl groups is 1. The first-order chi connectivity index (χ1) is 11.8. The minimum atomic E-state index is -0.247. The van der Waals surface area contributed by atoms with Gasteiger partial charge in [0.05, 0.1) is 5.52 Å². The molecule has 0 radical (unpaired) electrons. The van der Waals surface area contributed by atoms with E-state index in [0.717, 1.165) is 34.3 Å². The van der Waals surface area contributed by atoms with E-state index in [9.17, 15) is 4.39 Å². The minimum absolute atomic E-state index is 0.224. The van der Waals surface area contributed by atoms with Crippen molar-refractivity contribution >= 4 is 28.4 Å². The summed E-state index contributed by atoms with van der Waals surface area (Å²) in [5, 5.41) is 12.9. The maximum atomic E-state index is 13.7. The number of aliphatic hydroxyl groups excluding tert-OH is 1. The van der Waals surface area contributed by atoms with Gasteiger partial charge in [-0.1, -0.05) is 6.07 Å². The number of pyridine rings is 1. The van der Waals surface area contributed by atoms with Crippen molar-refractivity contribution in [3.05, 3.63) is 66.1 Å². The van der Waals surface area contributed by atoms with Crippen LogP contribution in [0.2, 0.25) is 0 Å². The highest BCUT2D eigenvalue weighted by Crippen LogP contribution is 2.23. The molecule has 0 spiro atoms. The number of thioether (sulfide) groups is 1. The van der Waals surface area contributed by atoms with Crippen LogP contribution in [0, 0.1) is 5.82 Å². The highest BCUT2D eigenvalue weighted by Gasteiger charge is 2.05. The van der Waals surface area contributed by atoms with Crippen LogP contribution in [0.4, 0.5) is 10.1 Å². The summed E-state index contributed by atoms with van der Waals surface area (Å²) < 4.78 is 13.7. The third-order valence-corrected chi connectivity index (χ3v) is 4.76. The standard InChI is InChI=1S/C19H19FN2OS/c20-16-11-14-3-1-8-21-19(14)15(12-16)13-22-17-4-6-18(7-5-17)24-10-2-9-23/h1,3-8,11-12,22-23H,2,9-10,13H2. The van der Waals surface area contributed by atoms with E-state index in [0.29, 0.717) is 6.54 Å². The Morgan fingerprint density at radius 2 is 1.96 bits per heavy atom. The first-order valence-electron chi connectivity index (χ1n) is 7.87. The number of halogens is 1. The fourth-order valence-electron chi connectivity index (χ4n) is 2.48. The number of aromatic nitrogens is 1. The monoisotopic (exact) mass is 342 g/mol. The van der Waals surface area contributed by atoms with E-state index in [4.69, 9.17) is 5.11 Å². The molecule has 3 nitrogen and oxygen atoms in total. The number of hydrogen-bond acceptors (Lipinski definition) is 4. The van der Waals surface area contributed by atoms with Gasteiger partial charge in [0.2, 0.25) is 0 Å². The summed E-state index contributed by atoms with van der Waals surface area (Å²) in [6, 6.07) is 14.8. The van der Waals surface area contributed by atoms with Crippen molar-refractivity contribution in [1.29, 1.82) is 0 Å². The molecular formula is C19H19FN2OS. The number of benzene rings is 2. The SMILES string of the molecule is OCCCSc1ccc(NCc2cc(F)cc3cccnc23)cc1. The van der Waals surface area contributed by atoms with E-state index in [1.165, 1.54) is 17.0 Å². The summed E-state index contributed by atoms with van der Waals surface area (Å²) in [7, 11) is 0. The number of rotatable bonds is 7. The van der Waals surface area contributed by atoms with Gasteiger partial charge < -0.3 is 10.4 Å². The Balaban J connectivity index is 1.67. The van der Waals surface area contributed by atoms with Crippen LogP contribution in [-0.4, -0.2) is 22.5 Å². The van der Waals surface area contributed by atoms with Crippen LogP contribution >= 0.6 is 11.8 Å². The second-order valence-electron chi connectivity index (χ2n) is 5.44. The van der Waals surface area contributed by atoms with Gasteiger partial charge in [-0.15, -0.1) is 11.8 Å². The van der Waals surface area contributed by atoms with Crippen molar-refractivity contribution in [3.63, 3.8) is 0 Å². The van der Waals surface area contributed by atoms with Crippen LogP contribution in [0.25, 0.3) is 10.9 Å². The average molecular weight is 342 g/mol. The zero-order valence-corrected chi connectivity index (χ0v) is 14.0. The first kappa shape index (κ1) is 16.7. The first-order valence-corrected chi connectivity index (χ1v) is 8.85. The summed E-state index contributed by atoms with van der Waals surface area (Å²) >= 11 is 1.72. The molecule has 0 saturated carbocycles. The quantitative estimate of drug-likeness (QED) is 0.491. The van der Waals surface area contributed by atoms with Gasteiger partial charge in [-0.05, 0) is 48.9 Å². The molecule has 0 atom stereocenters. The molecule has 0 aliphatic carbocycles. The molecule has 2 N–H and O–H groups in total. The van der Waals surface area contributed by atoms with Crippen LogP contribution in [0.5, 0.6) is 0 Å². The van der Waals surface area contributed by atoms with Crippen molar-refractivity contribution in [2.45, 2.75) is 17.9 Å². The fourth-order valence-corrected chi connectivity index (χ4v) is 3.32. The van der Waals surface area contributed by atoms with Crippen LogP contribution in [-0.2, 0) is 6.54 Å². The topological polar surface area (TPSA) is 45.1 Å². The molecule has 0 unspecified atom stereocenters. The Bertz CT molecular complexity index is 808. The molecule has 0 aliphatic heterocycles. The van der Waals surface area contributed by atoms with Crippen LogP contribution in [0.3, 0.4) is 0 Å². The van der Waals surface area contributed by atoms with Gasteiger partial charge in [0.25, 0.3) is 0 Å². The Morgan fingerprint density at radius 1 is 1.12 bits per heavy atom. The molecule has 1 heterocycles. The number of nitrogens with one attached hydrogen (secondary N) is 1. The lowest BCUT2D eigenvalue weighted by molar-refractivity contribution is 0.296. The Hall–Kier alpha value is -2.11. The molecular weight excluding hydrogens is 323 g/mol. The van der Waals surface area contributed by atoms with E-state index in [1.54, 1.807) is 18.0 Å². The summed E-state index contributed by atoms with van der Waals surface area (Å²) in [4.78, 5) is 5.53. The van der Waals surface area contributed by atoms with Crippen molar-refractivity contribution in [2.24, 2.45) is 0 Å². The van der Waals surface area contributed by atoms with Crippen molar-refractivity contribution < 1.29 is 9.50 Å². The number of nitrogens with zero attached hydrogens (tertiary/aromatic N) is 1. The third-order valence-electron chi connectivity index (χ3n) is 3.66. The second kappa shape index (κ2) is 8.13. The van der Waals surface area contributed by atoms with E-state index in [2.05, 4.69) is 10.3 Å². The Labute approximate surface area is 144 Å². The Morgan fingerprint density at radius 3 is 2.75 bits per heavy atom. The highest BCUT2D eigenvalue weighted by atomic mass is 32.2. The predicted molar refractivity (Wildman–Crippen MR) is 97.9 cm³/mol. The number of hydrogen-bond donors (Lipinski definition) is 2. The molecule has 0 saturated heterocycles. The number of anilines is 1. The zero-order valence-electron chi connectivity index (χ0n) is 13.2. The van der Waals surface area contributed by atoms with Gasteiger partial charge in [0.15, 0.2) is 0 Å². The molecule has 0 fully saturated rings. The average Bonchev–Trinajstić information content (AvgIpc) is 2.61. The summed E-state index contributed by atoms with van der Waals surface area (Å²) in [6.07, 6.45) is 2.52. The molecule has 3 rings (SSSR count). The maximum Gasteiger partial charge on any atom is 0.124 e. The second-order valence-corrected chi connectivity index (χ2v) is 6.61. The van der Waals surface area contributed by atoms with Crippen molar-refractivity contribution in [3.8, 4) is 0 Å². The van der Waals surface area contributed by atoms with Gasteiger partial charge >= 0.3 is 0 Å². The van der Waals surface area contributed by atoms with Gasteiger partial charge in [0.1, 0.15) is 5.82 Å². The molecule has 0 aliphatic rings. The zero-order chi connectivity index (χ0) is 16.8. The lowest BCUT2D eigenvalue weighted by atomic mass is 10.1. The normalized spacial score (nSPS) is 10.9. The summed E-state index contributed by atoms with van der Waals surface area (Å²) in [5.74, 6) is 0.660. The van der Waals surface area contributed by atoms with Crippen molar-refractivity contribution in [1.82, 2.24) is 4.98 Å². The van der Waals surface area contributed by atoms with E-state index < -0.39 is 0 Å². The Kier molecular flexibility index (Phi) is 5.67. The molecule has 2 aromatic carbocycles. The number of fused-ring (bicyclic) bond motifs is 1. The molecule has 0 bridgehead atoms. The van der Waals surface area contributed by atoms with E-state index >= 15 is 0 Å². The summed E-state index contributed by atoms with van der Waals surface area (Å²) in [6.45, 7) is 0.741. The lowest BCUT2D eigenvalue weighted by Crippen LogP contribution is -2.01. The highest BCUT2D eigenvalue weighted by molar-refractivity contribution is 7.99. The van der Waals surface area contributed by atoms with Crippen LogP contribution < -0.4 is 5.32 Å². The fraction of sp³-hybridized carbons (Fsp3) is 0.211. The smallest absolute Gasteiger partial charge is 0.124 e. The van der Waals surface area contributed by atoms with Crippen molar-refractivity contribution in [2.75, 3.05) is 17.7 Å². The molecule has 5 heteroatoms. The third kappa shape index (κ3) is 4.24. The molecule has 0 amide bonds. The van der Waals surface area contributed by atoms with Gasteiger partial charge in [0, 0.05) is 46.6 Å². The molecule has 1 aromatic heterocycles. The van der Waals surface area contributed by atoms with Gasteiger partial charge in [-0.25, -0.2) is 4.39 Å². The van der Waals surface area contributed by atoms with Crippen LogP contribution in [0.15, 0.2) is 59.6 Å². The van der Waals surface area contributed by atoms with Gasteiger partial charge in [-0.3, -0.25) is 4.98 Å². The van der Waals surface area contributed by atoms with Gasteiger partial charge in [-0.2, -0.15) is 0 Å².